The van der Waals surface area contributed by atoms with Crippen LogP contribution in [0.4, 0.5) is 5.82 Å². The lowest BCUT2D eigenvalue weighted by Gasteiger charge is -2.30. The Hall–Kier alpha value is -1.69. The monoisotopic (exact) mass is 292 g/mol. The van der Waals surface area contributed by atoms with Crippen molar-refractivity contribution < 1.29 is 9.53 Å². The first kappa shape index (κ1) is 15.7. The molecule has 1 saturated heterocycles. The molecule has 2 rings (SSSR count). The molecule has 1 atom stereocenters. The molecule has 0 bridgehead atoms. The number of likely N-dealkylation sites (tertiary alicyclic amines) is 1. The topological polar surface area (TPSA) is 67.3 Å². The first-order valence-electron chi connectivity index (χ1n) is 7.48. The summed E-state index contributed by atoms with van der Waals surface area (Å²) < 4.78 is 5.00. The van der Waals surface area contributed by atoms with E-state index in [9.17, 15) is 4.79 Å². The molecule has 1 aromatic rings. The number of aryl methyl sites for hydroxylation is 1. The van der Waals surface area contributed by atoms with Crippen molar-refractivity contribution in [1.82, 2.24) is 14.9 Å². The summed E-state index contributed by atoms with van der Waals surface area (Å²) in [4.78, 5) is 23.0. The van der Waals surface area contributed by atoms with Gasteiger partial charge in [-0.15, -0.1) is 0 Å². The van der Waals surface area contributed by atoms with E-state index in [1.807, 2.05) is 4.90 Å². The van der Waals surface area contributed by atoms with Crippen molar-refractivity contribution in [1.29, 1.82) is 0 Å². The summed E-state index contributed by atoms with van der Waals surface area (Å²) in [7, 11) is 1.65. The second-order valence-corrected chi connectivity index (χ2v) is 5.60. The molecule has 1 fully saturated rings. The number of carbonyl (C=O) groups excluding carboxylic acids is 1. The number of carbonyl (C=O) groups is 1. The van der Waals surface area contributed by atoms with Crippen LogP contribution >= 0.6 is 0 Å². The molecular weight excluding hydrogens is 268 g/mol. The summed E-state index contributed by atoms with van der Waals surface area (Å²) in [5.74, 6) is 1.84. The Morgan fingerprint density at radius 3 is 3.05 bits per heavy atom. The van der Waals surface area contributed by atoms with Crippen LogP contribution in [0.3, 0.4) is 0 Å². The number of methoxy groups -OCH3 is 1. The SMILES string of the molecule is COCCNc1cc(C(=O)N2CCCC(C)C2)nc(C)n1. The van der Waals surface area contributed by atoms with E-state index in [2.05, 4.69) is 22.2 Å². The zero-order chi connectivity index (χ0) is 15.2. The lowest BCUT2D eigenvalue weighted by molar-refractivity contribution is 0.0676. The minimum absolute atomic E-state index is 0.00171. The second kappa shape index (κ2) is 7.36. The third-order valence-corrected chi connectivity index (χ3v) is 3.61. The number of nitrogens with zero attached hydrogens (tertiary/aromatic N) is 3. The quantitative estimate of drug-likeness (QED) is 0.837. The van der Waals surface area contributed by atoms with Gasteiger partial charge in [-0.05, 0) is 25.7 Å². The van der Waals surface area contributed by atoms with E-state index in [0.29, 0.717) is 36.4 Å². The smallest absolute Gasteiger partial charge is 0.272 e. The van der Waals surface area contributed by atoms with Gasteiger partial charge in [-0.25, -0.2) is 9.97 Å². The van der Waals surface area contributed by atoms with Gasteiger partial charge >= 0.3 is 0 Å². The molecule has 1 aromatic heterocycles. The van der Waals surface area contributed by atoms with Crippen molar-refractivity contribution >= 4 is 11.7 Å². The molecule has 1 unspecified atom stereocenters. The predicted molar refractivity (Wildman–Crippen MR) is 81.4 cm³/mol. The summed E-state index contributed by atoms with van der Waals surface area (Å²) in [6.07, 6.45) is 2.26. The van der Waals surface area contributed by atoms with E-state index in [1.54, 1.807) is 20.1 Å². The van der Waals surface area contributed by atoms with Crippen LogP contribution in [0.2, 0.25) is 0 Å². The Morgan fingerprint density at radius 1 is 1.52 bits per heavy atom. The van der Waals surface area contributed by atoms with Crippen molar-refractivity contribution in [2.24, 2.45) is 5.92 Å². The van der Waals surface area contributed by atoms with E-state index < -0.39 is 0 Å². The van der Waals surface area contributed by atoms with Crippen molar-refractivity contribution in [3.63, 3.8) is 0 Å². The van der Waals surface area contributed by atoms with Crippen LogP contribution in [-0.4, -0.2) is 54.1 Å². The highest BCUT2D eigenvalue weighted by molar-refractivity contribution is 5.93. The van der Waals surface area contributed by atoms with Crippen molar-refractivity contribution in [3.8, 4) is 0 Å². The van der Waals surface area contributed by atoms with Gasteiger partial charge in [0.05, 0.1) is 6.61 Å². The number of nitrogens with one attached hydrogen (secondary N) is 1. The molecule has 1 aliphatic heterocycles. The molecule has 0 spiro atoms. The molecule has 1 aliphatic rings. The van der Waals surface area contributed by atoms with Gasteiger partial charge in [-0.3, -0.25) is 4.79 Å². The Balaban J connectivity index is 2.09. The number of hydrogen-bond donors (Lipinski definition) is 1. The van der Waals surface area contributed by atoms with Gasteiger partial charge in [0.15, 0.2) is 0 Å². The van der Waals surface area contributed by atoms with Gasteiger partial charge in [0.25, 0.3) is 5.91 Å². The Morgan fingerprint density at radius 2 is 2.33 bits per heavy atom. The first-order valence-corrected chi connectivity index (χ1v) is 7.48. The van der Waals surface area contributed by atoms with Crippen LogP contribution in [0.5, 0.6) is 0 Å². The predicted octanol–water partition coefficient (Wildman–Crippen LogP) is 1.72. The highest BCUT2D eigenvalue weighted by Crippen LogP contribution is 2.18. The number of anilines is 1. The van der Waals surface area contributed by atoms with Crippen molar-refractivity contribution in [3.05, 3.63) is 17.6 Å². The van der Waals surface area contributed by atoms with Crippen LogP contribution in [0.25, 0.3) is 0 Å². The van der Waals surface area contributed by atoms with Crippen molar-refractivity contribution in [2.45, 2.75) is 26.7 Å². The minimum Gasteiger partial charge on any atom is -0.383 e. The first-order chi connectivity index (χ1) is 10.1. The maximum absolute atomic E-state index is 12.6. The number of amides is 1. The van der Waals surface area contributed by atoms with E-state index in [0.717, 1.165) is 19.5 Å². The Kier molecular flexibility index (Phi) is 5.50. The normalized spacial score (nSPS) is 18.6. The molecule has 6 heteroatoms. The largest absolute Gasteiger partial charge is 0.383 e. The zero-order valence-corrected chi connectivity index (χ0v) is 13.1. The molecule has 0 aliphatic carbocycles. The van der Waals surface area contributed by atoms with E-state index >= 15 is 0 Å². The summed E-state index contributed by atoms with van der Waals surface area (Å²) in [6.45, 7) is 6.86. The second-order valence-electron chi connectivity index (χ2n) is 5.60. The fourth-order valence-electron chi connectivity index (χ4n) is 2.58. The summed E-state index contributed by atoms with van der Waals surface area (Å²) in [5.41, 5.74) is 0.469. The molecule has 0 radical (unpaired) electrons. The minimum atomic E-state index is 0.00171. The summed E-state index contributed by atoms with van der Waals surface area (Å²) >= 11 is 0. The lowest BCUT2D eigenvalue weighted by atomic mass is 10.00. The average molecular weight is 292 g/mol. The van der Waals surface area contributed by atoms with Crippen LogP contribution in [0.15, 0.2) is 6.07 Å². The molecule has 0 aromatic carbocycles. The third-order valence-electron chi connectivity index (χ3n) is 3.61. The highest BCUT2D eigenvalue weighted by atomic mass is 16.5. The number of hydrogen-bond acceptors (Lipinski definition) is 5. The van der Waals surface area contributed by atoms with Crippen LogP contribution in [0.1, 0.15) is 36.1 Å². The van der Waals surface area contributed by atoms with Gasteiger partial charge in [-0.2, -0.15) is 0 Å². The molecule has 21 heavy (non-hydrogen) atoms. The van der Waals surface area contributed by atoms with Gasteiger partial charge in [0.1, 0.15) is 17.3 Å². The van der Waals surface area contributed by atoms with Gasteiger partial charge < -0.3 is 15.0 Å². The molecular formula is C15H24N4O2. The molecule has 0 saturated carbocycles. The highest BCUT2D eigenvalue weighted by Gasteiger charge is 2.23. The van der Waals surface area contributed by atoms with Crippen LogP contribution in [0, 0.1) is 12.8 Å². The zero-order valence-electron chi connectivity index (χ0n) is 13.1. The maximum atomic E-state index is 12.6. The summed E-state index contributed by atoms with van der Waals surface area (Å²) in [6, 6.07) is 1.73. The average Bonchev–Trinajstić information content (AvgIpc) is 2.46. The fraction of sp³-hybridized carbons (Fsp3) is 0.667. The number of aromatic nitrogens is 2. The lowest BCUT2D eigenvalue weighted by Crippen LogP contribution is -2.39. The molecule has 116 valence electrons. The molecule has 6 nitrogen and oxygen atoms in total. The number of ether oxygens (including phenoxy) is 1. The summed E-state index contributed by atoms with van der Waals surface area (Å²) in [5, 5.41) is 3.15. The molecule has 2 heterocycles. The maximum Gasteiger partial charge on any atom is 0.272 e. The molecule has 1 amide bonds. The van der Waals surface area contributed by atoms with Gasteiger partial charge in [0, 0.05) is 32.8 Å². The van der Waals surface area contributed by atoms with Gasteiger partial charge in [0.2, 0.25) is 0 Å². The van der Waals surface area contributed by atoms with E-state index in [1.165, 1.54) is 6.42 Å². The Labute approximate surface area is 125 Å². The number of piperidine rings is 1. The van der Waals surface area contributed by atoms with Crippen molar-refractivity contribution in [2.75, 3.05) is 38.7 Å². The number of rotatable bonds is 5. The van der Waals surface area contributed by atoms with Crippen LogP contribution < -0.4 is 5.32 Å². The third kappa shape index (κ3) is 4.39. The van der Waals surface area contributed by atoms with E-state index in [4.69, 9.17) is 4.74 Å². The van der Waals surface area contributed by atoms with Gasteiger partial charge in [-0.1, -0.05) is 6.92 Å². The van der Waals surface area contributed by atoms with E-state index in [-0.39, 0.29) is 5.91 Å². The standard InChI is InChI=1S/C15H24N4O2/c1-11-5-4-7-19(10-11)15(20)13-9-14(16-6-8-21-3)18-12(2)17-13/h9,11H,4-8,10H2,1-3H3,(H,16,17,18). The van der Waals surface area contributed by atoms with Crippen LogP contribution in [-0.2, 0) is 4.74 Å². The Bertz CT molecular complexity index is 493. The fourth-order valence-corrected chi connectivity index (χ4v) is 2.58. The molecule has 1 N–H and O–H groups in total.